The maximum absolute atomic E-state index is 11.8. The SMILES string of the molecule is CCOC(=O)C1CCN(C/C(O)=C(\C#N)c2nc3ccccc3[nH]2)CC1. The number of nitriles is 1. The van der Waals surface area contributed by atoms with E-state index in [1.807, 2.05) is 35.2 Å². The molecule has 1 fully saturated rings. The van der Waals surface area contributed by atoms with Crippen LogP contribution in [0, 0.1) is 17.2 Å². The molecule has 0 aliphatic carbocycles. The first-order valence-corrected chi connectivity index (χ1v) is 8.78. The van der Waals surface area contributed by atoms with Crippen molar-refractivity contribution >= 4 is 22.6 Å². The minimum Gasteiger partial charge on any atom is -0.509 e. The summed E-state index contributed by atoms with van der Waals surface area (Å²) >= 11 is 0. The first-order chi connectivity index (χ1) is 12.6. The van der Waals surface area contributed by atoms with Crippen LogP contribution in [0.2, 0.25) is 0 Å². The topological polar surface area (TPSA) is 102 Å². The number of carbonyl (C=O) groups excluding carboxylic acids is 1. The molecule has 0 bridgehead atoms. The van der Waals surface area contributed by atoms with E-state index in [-0.39, 0.29) is 29.8 Å². The van der Waals surface area contributed by atoms with Gasteiger partial charge in [-0.3, -0.25) is 9.69 Å². The van der Waals surface area contributed by atoms with Gasteiger partial charge in [-0.1, -0.05) is 12.1 Å². The van der Waals surface area contributed by atoms with Gasteiger partial charge in [-0.2, -0.15) is 5.26 Å². The molecule has 0 radical (unpaired) electrons. The van der Waals surface area contributed by atoms with Crippen molar-refractivity contribution in [2.45, 2.75) is 19.8 Å². The standard InChI is InChI=1S/C19H22N4O3/c1-2-26-19(25)13-7-9-23(10-8-13)12-17(24)14(11-20)18-21-15-5-3-4-6-16(15)22-18/h3-6,13,24H,2,7-10,12H2,1H3,(H,21,22)/b17-14-. The number of likely N-dealkylation sites (tertiary alicyclic amines) is 1. The zero-order valence-corrected chi connectivity index (χ0v) is 14.7. The number of para-hydroxylation sites is 2. The van der Waals surface area contributed by atoms with E-state index in [2.05, 4.69) is 9.97 Å². The number of rotatable bonds is 5. The number of hydrogen-bond acceptors (Lipinski definition) is 6. The number of aliphatic hydroxyl groups is 1. The number of H-pyrrole nitrogens is 1. The Morgan fingerprint density at radius 1 is 1.42 bits per heavy atom. The zero-order valence-electron chi connectivity index (χ0n) is 14.7. The van der Waals surface area contributed by atoms with Crippen LogP contribution < -0.4 is 0 Å². The number of aliphatic hydroxyl groups excluding tert-OH is 1. The fraction of sp³-hybridized carbons (Fsp3) is 0.421. The predicted molar refractivity (Wildman–Crippen MR) is 97.1 cm³/mol. The van der Waals surface area contributed by atoms with Crippen LogP contribution in [0.1, 0.15) is 25.6 Å². The third-order valence-corrected chi connectivity index (χ3v) is 4.61. The maximum Gasteiger partial charge on any atom is 0.309 e. The lowest BCUT2D eigenvalue weighted by Crippen LogP contribution is -2.38. The molecular weight excluding hydrogens is 332 g/mol. The molecule has 0 saturated carbocycles. The molecule has 1 saturated heterocycles. The fourth-order valence-electron chi connectivity index (χ4n) is 3.20. The molecule has 2 N–H and O–H groups in total. The molecule has 26 heavy (non-hydrogen) atoms. The molecule has 0 unspecified atom stereocenters. The lowest BCUT2D eigenvalue weighted by Gasteiger charge is -2.30. The van der Waals surface area contributed by atoms with Gasteiger partial charge >= 0.3 is 5.97 Å². The van der Waals surface area contributed by atoms with Gasteiger partial charge in [0.15, 0.2) is 5.82 Å². The molecule has 7 nitrogen and oxygen atoms in total. The Balaban J connectivity index is 1.68. The zero-order chi connectivity index (χ0) is 18.5. The van der Waals surface area contributed by atoms with E-state index < -0.39 is 0 Å². The summed E-state index contributed by atoms with van der Waals surface area (Å²) in [5.41, 5.74) is 1.71. The number of fused-ring (bicyclic) bond motifs is 1. The van der Waals surface area contributed by atoms with Crippen LogP contribution in [0.4, 0.5) is 0 Å². The van der Waals surface area contributed by atoms with Crippen molar-refractivity contribution in [3.8, 4) is 6.07 Å². The monoisotopic (exact) mass is 354 g/mol. The molecule has 0 spiro atoms. The molecule has 1 aromatic heterocycles. The van der Waals surface area contributed by atoms with Crippen LogP contribution in [0.5, 0.6) is 0 Å². The summed E-state index contributed by atoms with van der Waals surface area (Å²) in [5, 5.41) is 19.9. The lowest BCUT2D eigenvalue weighted by molar-refractivity contribution is -0.149. The van der Waals surface area contributed by atoms with Crippen molar-refractivity contribution in [2.75, 3.05) is 26.2 Å². The van der Waals surface area contributed by atoms with Crippen LogP contribution in [-0.4, -0.2) is 52.2 Å². The van der Waals surface area contributed by atoms with Crippen molar-refractivity contribution in [1.29, 1.82) is 5.26 Å². The van der Waals surface area contributed by atoms with Crippen LogP contribution in [0.25, 0.3) is 16.6 Å². The number of esters is 1. The second-order valence-corrected chi connectivity index (χ2v) is 6.34. The summed E-state index contributed by atoms with van der Waals surface area (Å²) in [6.45, 7) is 3.80. The lowest BCUT2D eigenvalue weighted by atomic mass is 9.97. The molecule has 7 heteroatoms. The average molecular weight is 354 g/mol. The Morgan fingerprint density at radius 2 is 2.15 bits per heavy atom. The molecule has 2 aromatic rings. The van der Waals surface area contributed by atoms with Crippen LogP contribution in [0.15, 0.2) is 30.0 Å². The quantitative estimate of drug-likeness (QED) is 0.486. The summed E-state index contributed by atoms with van der Waals surface area (Å²) < 4.78 is 5.07. The highest BCUT2D eigenvalue weighted by Gasteiger charge is 2.27. The molecule has 3 rings (SSSR count). The average Bonchev–Trinajstić information content (AvgIpc) is 3.06. The highest BCUT2D eigenvalue weighted by Crippen LogP contribution is 2.22. The molecule has 1 aliphatic rings. The summed E-state index contributed by atoms with van der Waals surface area (Å²) in [4.78, 5) is 21.3. The molecule has 0 amide bonds. The van der Waals surface area contributed by atoms with Gasteiger partial charge in [0.1, 0.15) is 17.4 Å². The van der Waals surface area contributed by atoms with Gasteiger partial charge in [0.25, 0.3) is 0 Å². The minimum atomic E-state index is -0.146. The number of piperidine rings is 1. The third-order valence-electron chi connectivity index (χ3n) is 4.61. The van der Waals surface area contributed by atoms with E-state index in [0.29, 0.717) is 38.4 Å². The van der Waals surface area contributed by atoms with Gasteiger partial charge in [-0.05, 0) is 45.0 Å². The molecule has 1 aromatic carbocycles. The number of aromatic amines is 1. The van der Waals surface area contributed by atoms with Gasteiger partial charge in [-0.15, -0.1) is 0 Å². The largest absolute Gasteiger partial charge is 0.509 e. The Kier molecular flexibility index (Phi) is 5.54. The van der Waals surface area contributed by atoms with E-state index in [0.717, 1.165) is 11.0 Å². The van der Waals surface area contributed by atoms with Crippen molar-refractivity contribution in [2.24, 2.45) is 5.92 Å². The summed E-state index contributed by atoms with van der Waals surface area (Å²) in [5.74, 6) is 0.129. The van der Waals surface area contributed by atoms with E-state index in [1.165, 1.54) is 0 Å². The van der Waals surface area contributed by atoms with Crippen molar-refractivity contribution < 1.29 is 14.6 Å². The number of carbonyl (C=O) groups is 1. The first-order valence-electron chi connectivity index (χ1n) is 8.78. The van der Waals surface area contributed by atoms with Crippen molar-refractivity contribution in [3.63, 3.8) is 0 Å². The van der Waals surface area contributed by atoms with Crippen molar-refractivity contribution in [1.82, 2.24) is 14.9 Å². The molecule has 1 aliphatic heterocycles. The molecule has 2 heterocycles. The highest BCUT2D eigenvalue weighted by molar-refractivity contribution is 5.82. The summed E-state index contributed by atoms with van der Waals surface area (Å²) in [7, 11) is 0. The highest BCUT2D eigenvalue weighted by atomic mass is 16.5. The third kappa shape index (κ3) is 3.86. The van der Waals surface area contributed by atoms with Gasteiger partial charge < -0.3 is 14.8 Å². The number of allylic oxidation sites excluding steroid dienone is 1. The molecule has 136 valence electrons. The smallest absolute Gasteiger partial charge is 0.309 e. The summed E-state index contributed by atoms with van der Waals surface area (Å²) in [6.07, 6.45) is 1.39. The number of benzene rings is 1. The second-order valence-electron chi connectivity index (χ2n) is 6.34. The van der Waals surface area contributed by atoms with E-state index in [1.54, 1.807) is 6.92 Å². The van der Waals surface area contributed by atoms with E-state index in [9.17, 15) is 15.2 Å². The minimum absolute atomic E-state index is 0.0128. The van der Waals surface area contributed by atoms with Crippen LogP contribution in [-0.2, 0) is 9.53 Å². The number of imidazole rings is 1. The van der Waals surface area contributed by atoms with Crippen LogP contribution in [0.3, 0.4) is 0 Å². The van der Waals surface area contributed by atoms with Gasteiger partial charge in [0, 0.05) is 0 Å². The second kappa shape index (κ2) is 8.02. The van der Waals surface area contributed by atoms with Gasteiger partial charge in [0.2, 0.25) is 0 Å². The first kappa shape index (κ1) is 18.0. The van der Waals surface area contributed by atoms with E-state index in [4.69, 9.17) is 4.74 Å². The number of aromatic nitrogens is 2. The van der Waals surface area contributed by atoms with Crippen LogP contribution >= 0.6 is 0 Å². The molecular formula is C19H22N4O3. The molecule has 0 atom stereocenters. The Bertz CT molecular complexity index is 824. The van der Waals surface area contributed by atoms with Gasteiger partial charge in [0.05, 0.1) is 30.1 Å². The number of hydrogen-bond donors (Lipinski definition) is 2. The van der Waals surface area contributed by atoms with Crippen molar-refractivity contribution in [3.05, 3.63) is 35.8 Å². The Morgan fingerprint density at radius 3 is 2.81 bits per heavy atom. The summed E-state index contributed by atoms with van der Waals surface area (Å²) in [6, 6.07) is 9.52. The number of nitrogens with zero attached hydrogens (tertiary/aromatic N) is 3. The number of ether oxygens (including phenoxy) is 1. The Labute approximate surface area is 151 Å². The maximum atomic E-state index is 11.8. The Hall–Kier alpha value is -2.85. The normalized spacial score (nSPS) is 16.9. The predicted octanol–water partition coefficient (Wildman–Crippen LogP) is 2.63. The van der Waals surface area contributed by atoms with E-state index >= 15 is 0 Å². The van der Waals surface area contributed by atoms with Gasteiger partial charge in [-0.25, -0.2) is 4.98 Å². The number of nitrogens with one attached hydrogen (secondary N) is 1. The fourth-order valence-corrected chi connectivity index (χ4v) is 3.20.